The molecule has 4 fully saturated rings. The first-order valence-corrected chi connectivity index (χ1v) is 7.10. The van der Waals surface area contributed by atoms with E-state index in [0.29, 0.717) is 17.8 Å². The first kappa shape index (κ1) is 14.1. The minimum atomic E-state index is -4.29. The average Bonchev–Trinajstić information content (AvgIpc) is 1.94. The molecule has 0 saturated heterocycles. The normalized spacial score (nSPS) is 45.5. The van der Waals surface area contributed by atoms with Crippen molar-refractivity contribution in [2.45, 2.75) is 44.1 Å². The van der Waals surface area contributed by atoms with E-state index in [-0.39, 0.29) is 56.9 Å². The third kappa shape index (κ3) is 2.80. The molecule has 0 amide bonds. The largest absolute Gasteiger partial charge is 1.00 e. The van der Waals surface area contributed by atoms with Crippen molar-refractivity contribution in [3.8, 4) is 0 Å². The minimum absolute atomic E-state index is 0. The smallest absolute Gasteiger partial charge is 0.599 e. The van der Waals surface area contributed by atoms with Crippen LogP contribution in [0.15, 0.2) is 0 Å². The van der Waals surface area contributed by atoms with Crippen molar-refractivity contribution >= 4 is 10.7 Å². The van der Waals surface area contributed by atoms with Gasteiger partial charge in [-0.05, 0) is 56.3 Å². The number of hydrogen-bond donors (Lipinski definition) is 1. The third-order valence-electron chi connectivity index (χ3n) is 4.38. The van der Waals surface area contributed by atoms with Crippen LogP contribution in [0.2, 0.25) is 0 Å². The predicted octanol–water partition coefficient (Wildman–Crippen LogP) is -1.78. The molecule has 0 spiro atoms. The van der Waals surface area contributed by atoms with Gasteiger partial charge in [0, 0.05) is 0 Å². The Morgan fingerprint density at radius 3 is 1.69 bits per heavy atom. The summed E-state index contributed by atoms with van der Waals surface area (Å²) in [5.41, 5.74) is -0.366. The zero-order valence-corrected chi connectivity index (χ0v) is 13.5. The molecule has 4 saturated carbocycles. The van der Waals surface area contributed by atoms with E-state index in [1.54, 1.807) is 0 Å². The Kier molecular flexibility index (Phi) is 4.09. The van der Waals surface area contributed by atoms with Crippen LogP contribution in [0.3, 0.4) is 0 Å². The molecule has 0 radical (unpaired) electrons. The van der Waals surface area contributed by atoms with E-state index < -0.39 is 10.7 Å². The van der Waals surface area contributed by atoms with Crippen molar-refractivity contribution in [1.29, 1.82) is 0 Å². The van der Waals surface area contributed by atoms with Crippen molar-refractivity contribution in [3.63, 3.8) is 0 Å². The van der Waals surface area contributed by atoms with Crippen molar-refractivity contribution in [1.82, 2.24) is 4.72 Å². The van der Waals surface area contributed by atoms with E-state index in [0.717, 1.165) is 19.3 Å². The van der Waals surface area contributed by atoms with Crippen LogP contribution in [0.25, 0.3) is 0 Å². The Hall–Kier alpha value is 1.67. The molecule has 4 rings (SSSR count). The van der Waals surface area contributed by atoms with Gasteiger partial charge >= 0.3 is 51.4 Å². The van der Waals surface area contributed by atoms with Gasteiger partial charge in [0.15, 0.2) is 0 Å². The van der Waals surface area contributed by atoms with Gasteiger partial charge in [-0.1, -0.05) is 4.21 Å². The molecular weight excluding hydrogens is 253 g/mol. The molecule has 0 atom stereocenters. The van der Waals surface area contributed by atoms with Crippen LogP contribution in [-0.4, -0.2) is 14.6 Å². The fourth-order valence-corrected chi connectivity index (χ4v) is 5.28. The van der Waals surface area contributed by atoms with E-state index in [1.807, 2.05) is 0 Å². The summed E-state index contributed by atoms with van der Waals surface area (Å²) in [6.07, 6.45) is 6.42. The van der Waals surface area contributed by atoms with Crippen LogP contribution in [0.5, 0.6) is 0 Å². The summed E-state index contributed by atoms with van der Waals surface area (Å²) < 4.78 is 34.9. The number of rotatable bonds is 2. The molecule has 1 N–H and O–H groups in total. The Balaban J connectivity index is 0.000000963. The van der Waals surface area contributed by atoms with Gasteiger partial charge < -0.3 is 9.11 Å². The molecule has 0 unspecified atom stereocenters. The molecule has 0 aliphatic heterocycles. The first-order valence-electron chi connectivity index (χ1n) is 5.69. The Bertz CT molecular complexity index is 295. The van der Waals surface area contributed by atoms with E-state index in [2.05, 4.69) is 4.72 Å². The summed E-state index contributed by atoms with van der Waals surface area (Å²) in [6, 6.07) is 0. The second-order valence-corrected chi connectivity index (χ2v) is 6.87. The van der Waals surface area contributed by atoms with E-state index in [4.69, 9.17) is 0 Å². The predicted molar refractivity (Wildman–Crippen MR) is 53.6 cm³/mol. The van der Waals surface area contributed by atoms with Gasteiger partial charge in [-0.25, -0.2) is 0 Å². The summed E-state index contributed by atoms with van der Waals surface area (Å²) in [5.74, 6) is 1.97. The average molecular weight is 269 g/mol. The van der Waals surface area contributed by atoms with E-state index in [9.17, 15) is 13.3 Å². The van der Waals surface area contributed by atoms with Gasteiger partial charge in [0.05, 0.1) is 16.2 Å². The maximum absolute atomic E-state index is 10.8. The second-order valence-electron chi connectivity index (χ2n) is 5.75. The van der Waals surface area contributed by atoms with Crippen LogP contribution in [0, 0.1) is 17.8 Å². The van der Waals surface area contributed by atoms with Gasteiger partial charge in [-0.3, -0.25) is 0 Å². The van der Waals surface area contributed by atoms with Gasteiger partial charge in [0.25, 0.3) is 0 Å². The number of nitrogens with one attached hydrogen (secondary N) is 1. The quantitative estimate of drug-likeness (QED) is 0.476. The summed E-state index contributed by atoms with van der Waals surface area (Å²) in [7, 11) is -4.29. The zero-order valence-electron chi connectivity index (χ0n) is 9.61. The monoisotopic (exact) mass is 269 g/mol. The zero-order chi connectivity index (χ0) is 10.7. The van der Waals surface area contributed by atoms with Crippen molar-refractivity contribution < 1.29 is 64.7 Å². The Morgan fingerprint density at radius 1 is 1.00 bits per heavy atom. The van der Waals surface area contributed by atoms with E-state index in [1.165, 1.54) is 19.3 Å². The summed E-state index contributed by atoms with van der Waals surface area (Å²) >= 11 is 0. The van der Waals surface area contributed by atoms with Crippen LogP contribution in [0.4, 0.5) is 0 Å². The minimum Gasteiger partial charge on any atom is -0.599 e. The maximum atomic E-state index is 10.8. The summed E-state index contributed by atoms with van der Waals surface area (Å²) in [5, 5.41) is 0. The van der Waals surface area contributed by atoms with Gasteiger partial charge in [0.2, 0.25) is 0 Å². The van der Waals surface area contributed by atoms with Crippen LogP contribution in [0.1, 0.15) is 38.5 Å². The van der Waals surface area contributed by atoms with Gasteiger partial charge in [-0.2, -0.15) is 0 Å². The third-order valence-corrected chi connectivity index (χ3v) is 5.06. The van der Waals surface area contributed by atoms with Crippen LogP contribution >= 0.6 is 0 Å². The SMILES string of the molecule is O=[S+]([O-])([O-])NC12CC3CC(CC(C3)C1)C2.[K+]. The fraction of sp³-hybridized carbons (Fsp3) is 1.00. The van der Waals surface area contributed by atoms with Gasteiger partial charge in [0.1, 0.15) is 0 Å². The van der Waals surface area contributed by atoms with Crippen molar-refractivity contribution in [2.75, 3.05) is 0 Å². The fourth-order valence-electron chi connectivity index (χ4n) is 4.50. The molecule has 4 aliphatic rings. The molecule has 4 nitrogen and oxygen atoms in total. The molecule has 4 bridgehead atoms. The summed E-state index contributed by atoms with van der Waals surface area (Å²) in [4.78, 5) is 0. The first-order chi connectivity index (χ1) is 6.94. The molecule has 0 heterocycles. The molecule has 86 valence electrons. The van der Waals surface area contributed by atoms with Crippen molar-refractivity contribution in [3.05, 3.63) is 0 Å². The Morgan fingerprint density at radius 2 is 1.38 bits per heavy atom. The maximum Gasteiger partial charge on any atom is 1.00 e. The van der Waals surface area contributed by atoms with Gasteiger partial charge in [-0.15, -0.1) is 4.72 Å². The molecule has 16 heavy (non-hydrogen) atoms. The topological polar surface area (TPSA) is 75.2 Å². The molecule has 0 aromatic heterocycles. The number of hydrogen-bond acceptors (Lipinski definition) is 3. The van der Waals surface area contributed by atoms with Crippen LogP contribution in [-0.2, 0) is 14.9 Å². The van der Waals surface area contributed by atoms with Crippen LogP contribution < -0.4 is 56.1 Å². The summed E-state index contributed by atoms with van der Waals surface area (Å²) in [6.45, 7) is 0. The molecule has 4 aliphatic carbocycles. The molecule has 0 aromatic rings. The molecule has 0 aromatic carbocycles. The van der Waals surface area contributed by atoms with Crippen molar-refractivity contribution in [2.24, 2.45) is 17.8 Å². The molecular formula is C10H16KNO3S. The second kappa shape index (κ2) is 4.65. The molecule has 6 heteroatoms. The van der Waals surface area contributed by atoms with E-state index >= 15 is 0 Å². The standard InChI is InChI=1S/C10H16NO3S.K/c12-15(13,14)11-10-4-7-1-8(5-10)3-9(2-7)6-10;/h7-9H,1-6H2,(H-2,11,12,13,14);/q-1;+1. The Labute approximate surface area is 140 Å².